The molecule has 94 valence electrons. The third-order valence-electron chi connectivity index (χ3n) is 2.38. The van der Waals surface area contributed by atoms with Gasteiger partial charge in [-0.05, 0) is 26.0 Å². The fraction of sp³-hybridized carbons (Fsp3) is 0.250. The van der Waals surface area contributed by atoms with Crippen molar-refractivity contribution >= 4 is 23.2 Å². The van der Waals surface area contributed by atoms with Gasteiger partial charge in [-0.1, -0.05) is 11.6 Å². The lowest BCUT2D eigenvalue weighted by Crippen LogP contribution is -2.11. The summed E-state index contributed by atoms with van der Waals surface area (Å²) < 4.78 is 1.77. The smallest absolute Gasteiger partial charge is 0.257 e. The van der Waals surface area contributed by atoms with Crippen molar-refractivity contribution in [2.75, 3.05) is 5.32 Å². The summed E-state index contributed by atoms with van der Waals surface area (Å²) in [5.41, 5.74) is 1.11. The Kier molecular flexibility index (Phi) is 3.62. The number of aromatic nitrogens is 3. The summed E-state index contributed by atoms with van der Waals surface area (Å²) in [6, 6.07) is 3.46. The average Bonchev–Trinajstić information content (AvgIpc) is 2.78. The molecular weight excluding hydrogens is 252 g/mol. The van der Waals surface area contributed by atoms with E-state index in [1.54, 1.807) is 29.2 Å². The zero-order valence-corrected chi connectivity index (χ0v) is 10.8. The summed E-state index contributed by atoms with van der Waals surface area (Å²) in [7, 11) is 0. The van der Waals surface area contributed by atoms with Crippen LogP contribution in [0.4, 0.5) is 5.69 Å². The molecule has 2 aromatic heterocycles. The van der Waals surface area contributed by atoms with Crippen molar-refractivity contribution in [1.82, 2.24) is 14.8 Å². The van der Waals surface area contributed by atoms with E-state index < -0.39 is 0 Å². The summed E-state index contributed by atoms with van der Waals surface area (Å²) in [5.74, 6) is -0.234. The Bertz CT molecular complexity index is 547. The van der Waals surface area contributed by atoms with Crippen molar-refractivity contribution in [2.24, 2.45) is 0 Å². The normalized spacial score (nSPS) is 10.7. The van der Waals surface area contributed by atoms with Crippen LogP contribution in [0.15, 0.2) is 30.7 Å². The molecule has 2 heterocycles. The molecule has 0 aromatic carbocycles. The molecule has 0 radical (unpaired) electrons. The topological polar surface area (TPSA) is 59.8 Å². The monoisotopic (exact) mass is 264 g/mol. The zero-order chi connectivity index (χ0) is 13.1. The Morgan fingerprint density at radius 2 is 2.17 bits per heavy atom. The van der Waals surface area contributed by atoms with Gasteiger partial charge in [-0.2, -0.15) is 5.10 Å². The number of anilines is 1. The van der Waals surface area contributed by atoms with E-state index in [-0.39, 0.29) is 11.9 Å². The van der Waals surface area contributed by atoms with Gasteiger partial charge >= 0.3 is 0 Å². The summed E-state index contributed by atoms with van der Waals surface area (Å²) >= 11 is 5.66. The molecule has 2 rings (SSSR count). The Hall–Kier alpha value is -1.88. The molecule has 1 N–H and O–H groups in total. The number of nitrogens with one attached hydrogen (secondary N) is 1. The predicted molar refractivity (Wildman–Crippen MR) is 69.8 cm³/mol. The average molecular weight is 265 g/mol. The van der Waals surface area contributed by atoms with Crippen molar-refractivity contribution in [1.29, 1.82) is 0 Å². The number of hydrogen-bond acceptors (Lipinski definition) is 3. The summed E-state index contributed by atoms with van der Waals surface area (Å²) in [6.07, 6.45) is 4.83. The first-order valence-corrected chi connectivity index (χ1v) is 5.91. The van der Waals surface area contributed by atoms with Crippen LogP contribution in [-0.4, -0.2) is 20.7 Å². The number of carbonyl (C=O) groups is 1. The lowest BCUT2D eigenvalue weighted by molar-refractivity contribution is 0.102. The van der Waals surface area contributed by atoms with Gasteiger partial charge in [0.15, 0.2) is 0 Å². The van der Waals surface area contributed by atoms with Crippen LogP contribution in [0.3, 0.4) is 0 Å². The number of nitrogens with zero attached hydrogens (tertiary/aromatic N) is 3. The van der Waals surface area contributed by atoms with Gasteiger partial charge in [0.05, 0.1) is 17.4 Å². The van der Waals surface area contributed by atoms with Crippen molar-refractivity contribution in [3.63, 3.8) is 0 Å². The van der Waals surface area contributed by atoms with Gasteiger partial charge in [0, 0.05) is 18.4 Å². The van der Waals surface area contributed by atoms with Crippen LogP contribution in [0.1, 0.15) is 30.2 Å². The fourth-order valence-corrected chi connectivity index (χ4v) is 1.51. The molecule has 0 aliphatic heterocycles. The molecule has 6 heteroatoms. The lowest BCUT2D eigenvalue weighted by atomic mass is 10.2. The second-order valence-electron chi connectivity index (χ2n) is 4.13. The van der Waals surface area contributed by atoms with E-state index in [0.29, 0.717) is 16.4 Å². The molecule has 5 nitrogen and oxygen atoms in total. The molecule has 0 atom stereocenters. The van der Waals surface area contributed by atoms with Crippen LogP contribution in [0.2, 0.25) is 5.15 Å². The molecule has 0 saturated heterocycles. The minimum absolute atomic E-state index is 0.234. The first kappa shape index (κ1) is 12.6. The number of carbonyl (C=O) groups excluding carboxylic acids is 1. The molecule has 2 aromatic rings. The third kappa shape index (κ3) is 2.87. The van der Waals surface area contributed by atoms with E-state index in [1.165, 1.54) is 6.20 Å². The SMILES string of the molecule is CC(C)n1cc(NC(=O)c2ccc(Cl)nc2)cn1. The van der Waals surface area contributed by atoms with Gasteiger partial charge < -0.3 is 5.32 Å². The molecular formula is C12H13ClN4O. The Morgan fingerprint density at radius 1 is 1.39 bits per heavy atom. The molecule has 0 unspecified atom stereocenters. The van der Waals surface area contributed by atoms with Crippen LogP contribution in [0, 0.1) is 0 Å². The van der Waals surface area contributed by atoms with Crippen LogP contribution in [-0.2, 0) is 0 Å². The highest BCUT2D eigenvalue weighted by atomic mass is 35.5. The number of halogens is 1. The molecule has 0 saturated carbocycles. The Balaban J connectivity index is 2.08. The predicted octanol–water partition coefficient (Wildman–Crippen LogP) is 2.76. The van der Waals surface area contributed by atoms with Gasteiger partial charge in [0.1, 0.15) is 5.15 Å². The number of rotatable bonds is 3. The molecule has 18 heavy (non-hydrogen) atoms. The molecule has 0 fully saturated rings. The van der Waals surface area contributed by atoms with E-state index >= 15 is 0 Å². The highest BCUT2D eigenvalue weighted by molar-refractivity contribution is 6.29. The number of amides is 1. The largest absolute Gasteiger partial charge is 0.319 e. The van der Waals surface area contributed by atoms with Gasteiger partial charge in [0.2, 0.25) is 0 Å². The number of hydrogen-bond donors (Lipinski definition) is 1. The lowest BCUT2D eigenvalue weighted by Gasteiger charge is -2.04. The second kappa shape index (κ2) is 5.18. The van der Waals surface area contributed by atoms with E-state index in [9.17, 15) is 4.79 Å². The van der Waals surface area contributed by atoms with E-state index in [1.807, 2.05) is 13.8 Å². The van der Waals surface area contributed by atoms with Crippen LogP contribution < -0.4 is 5.32 Å². The second-order valence-corrected chi connectivity index (χ2v) is 4.51. The highest BCUT2D eigenvalue weighted by Gasteiger charge is 2.08. The fourth-order valence-electron chi connectivity index (χ4n) is 1.40. The Labute approximate surface area is 110 Å². The van der Waals surface area contributed by atoms with E-state index in [4.69, 9.17) is 11.6 Å². The molecule has 0 bridgehead atoms. The maximum absolute atomic E-state index is 11.9. The van der Waals surface area contributed by atoms with E-state index in [2.05, 4.69) is 15.4 Å². The van der Waals surface area contributed by atoms with Gasteiger partial charge in [0.25, 0.3) is 5.91 Å². The maximum Gasteiger partial charge on any atom is 0.257 e. The van der Waals surface area contributed by atoms with Crippen molar-refractivity contribution in [3.8, 4) is 0 Å². The standard InChI is InChI=1S/C12H13ClN4O/c1-8(2)17-7-10(6-15-17)16-12(18)9-3-4-11(13)14-5-9/h3-8H,1-2H3,(H,16,18). The van der Waals surface area contributed by atoms with Gasteiger partial charge in [-0.15, -0.1) is 0 Å². The van der Waals surface area contributed by atoms with Crippen LogP contribution in [0.5, 0.6) is 0 Å². The first-order chi connectivity index (χ1) is 8.56. The summed E-state index contributed by atoms with van der Waals surface area (Å²) in [4.78, 5) is 15.7. The van der Waals surface area contributed by atoms with Crippen LogP contribution >= 0.6 is 11.6 Å². The quantitative estimate of drug-likeness (QED) is 0.867. The minimum atomic E-state index is -0.234. The van der Waals surface area contributed by atoms with Gasteiger partial charge in [-0.3, -0.25) is 9.48 Å². The molecule has 1 amide bonds. The summed E-state index contributed by atoms with van der Waals surface area (Å²) in [5, 5.41) is 7.25. The van der Waals surface area contributed by atoms with Crippen molar-refractivity contribution in [2.45, 2.75) is 19.9 Å². The maximum atomic E-state index is 11.9. The Morgan fingerprint density at radius 3 is 2.72 bits per heavy atom. The zero-order valence-electron chi connectivity index (χ0n) is 10.1. The third-order valence-corrected chi connectivity index (χ3v) is 2.60. The van der Waals surface area contributed by atoms with Crippen LogP contribution in [0.25, 0.3) is 0 Å². The molecule has 0 aliphatic carbocycles. The van der Waals surface area contributed by atoms with Crippen molar-refractivity contribution in [3.05, 3.63) is 41.4 Å². The minimum Gasteiger partial charge on any atom is -0.319 e. The van der Waals surface area contributed by atoms with E-state index in [0.717, 1.165) is 0 Å². The van der Waals surface area contributed by atoms with Crippen molar-refractivity contribution < 1.29 is 4.79 Å². The molecule has 0 spiro atoms. The molecule has 0 aliphatic rings. The number of pyridine rings is 1. The van der Waals surface area contributed by atoms with Gasteiger partial charge in [-0.25, -0.2) is 4.98 Å². The summed E-state index contributed by atoms with van der Waals surface area (Å²) in [6.45, 7) is 4.03. The first-order valence-electron chi connectivity index (χ1n) is 5.53. The highest BCUT2D eigenvalue weighted by Crippen LogP contribution is 2.12.